The largest absolute Gasteiger partial charge is 0.330 e. The number of aryl methyl sites for hydroxylation is 1. The first kappa shape index (κ1) is 12.4. The molecule has 17 heavy (non-hydrogen) atoms. The fourth-order valence-electron chi connectivity index (χ4n) is 1.52. The summed E-state index contributed by atoms with van der Waals surface area (Å²) in [6.45, 7) is 2.65. The number of benzene rings is 1. The SMILES string of the molecule is Cc1nc(Nc2ccccc2Cl)sc1CCN. The molecule has 2 rings (SSSR count). The summed E-state index contributed by atoms with van der Waals surface area (Å²) in [7, 11) is 0. The minimum Gasteiger partial charge on any atom is -0.330 e. The lowest BCUT2D eigenvalue weighted by Gasteiger charge is -2.03. The number of anilines is 2. The Bertz CT molecular complexity index is 510. The van der Waals surface area contributed by atoms with Crippen LogP contribution < -0.4 is 11.1 Å². The van der Waals surface area contributed by atoms with E-state index in [0.717, 1.165) is 22.9 Å². The summed E-state index contributed by atoms with van der Waals surface area (Å²) in [6.07, 6.45) is 0.869. The van der Waals surface area contributed by atoms with E-state index in [1.165, 1.54) is 4.88 Å². The number of para-hydroxylation sites is 1. The Morgan fingerprint density at radius 1 is 1.41 bits per heavy atom. The van der Waals surface area contributed by atoms with E-state index in [1.54, 1.807) is 11.3 Å². The molecular weight excluding hydrogens is 254 g/mol. The Labute approximate surface area is 110 Å². The molecule has 3 nitrogen and oxygen atoms in total. The number of nitrogens with zero attached hydrogens (tertiary/aromatic N) is 1. The van der Waals surface area contributed by atoms with Crippen LogP contribution in [0.1, 0.15) is 10.6 Å². The van der Waals surface area contributed by atoms with E-state index in [4.69, 9.17) is 17.3 Å². The van der Waals surface area contributed by atoms with Crippen molar-refractivity contribution in [2.24, 2.45) is 5.73 Å². The first-order valence-corrected chi connectivity index (χ1v) is 6.58. The van der Waals surface area contributed by atoms with Gasteiger partial charge in [0, 0.05) is 4.88 Å². The van der Waals surface area contributed by atoms with Gasteiger partial charge in [-0.1, -0.05) is 23.7 Å². The minimum absolute atomic E-state index is 0.647. The van der Waals surface area contributed by atoms with Crippen LogP contribution in [0.25, 0.3) is 0 Å². The molecule has 0 radical (unpaired) electrons. The molecule has 0 saturated carbocycles. The lowest BCUT2D eigenvalue weighted by atomic mass is 10.3. The molecule has 1 heterocycles. The van der Waals surface area contributed by atoms with Crippen LogP contribution in [0.3, 0.4) is 0 Å². The highest BCUT2D eigenvalue weighted by molar-refractivity contribution is 7.15. The van der Waals surface area contributed by atoms with Crippen molar-refractivity contribution >= 4 is 33.8 Å². The number of nitrogens with one attached hydrogen (secondary N) is 1. The number of hydrogen-bond acceptors (Lipinski definition) is 4. The lowest BCUT2D eigenvalue weighted by Crippen LogP contribution is -2.01. The van der Waals surface area contributed by atoms with Gasteiger partial charge < -0.3 is 11.1 Å². The van der Waals surface area contributed by atoms with Gasteiger partial charge in [-0.2, -0.15) is 0 Å². The second kappa shape index (κ2) is 5.49. The van der Waals surface area contributed by atoms with Gasteiger partial charge >= 0.3 is 0 Å². The molecule has 0 aliphatic rings. The quantitative estimate of drug-likeness (QED) is 0.893. The van der Waals surface area contributed by atoms with Crippen molar-refractivity contribution in [2.45, 2.75) is 13.3 Å². The molecule has 1 aromatic heterocycles. The molecule has 0 amide bonds. The summed E-state index contributed by atoms with van der Waals surface area (Å²) >= 11 is 7.70. The van der Waals surface area contributed by atoms with Crippen molar-refractivity contribution in [1.29, 1.82) is 0 Å². The number of halogens is 1. The third-order valence-corrected chi connectivity index (χ3v) is 3.84. The number of aromatic nitrogens is 1. The van der Waals surface area contributed by atoms with Gasteiger partial charge in [0.25, 0.3) is 0 Å². The van der Waals surface area contributed by atoms with Crippen LogP contribution in [0.5, 0.6) is 0 Å². The molecule has 90 valence electrons. The van der Waals surface area contributed by atoms with Crippen molar-refractivity contribution in [3.8, 4) is 0 Å². The van der Waals surface area contributed by atoms with Crippen molar-refractivity contribution < 1.29 is 0 Å². The van der Waals surface area contributed by atoms with Crippen LogP contribution in [0.4, 0.5) is 10.8 Å². The molecule has 0 spiro atoms. The van der Waals surface area contributed by atoms with Crippen LogP contribution in [-0.2, 0) is 6.42 Å². The maximum absolute atomic E-state index is 6.08. The normalized spacial score (nSPS) is 10.5. The molecule has 0 saturated heterocycles. The molecule has 5 heteroatoms. The van der Waals surface area contributed by atoms with Gasteiger partial charge in [0.1, 0.15) is 0 Å². The standard InChI is InChI=1S/C12H14ClN3S/c1-8-11(6-7-14)17-12(15-8)16-10-5-3-2-4-9(10)13/h2-5H,6-7,14H2,1H3,(H,15,16). The van der Waals surface area contributed by atoms with Gasteiger partial charge in [0.05, 0.1) is 16.4 Å². The van der Waals surface area contributed by atoms with Gasteiger partial charge in [0.15, 0.2) is 5.13 Å². The maximum atomic E-state index is 6.08. The molecule has 0 fully saturated rings. The predicted molar refractivity (Wildman–Crippen MR) is 74.3 cm³/mol. The molecule has 0 atom stereocenters. The summed E-state index contributed by atoms with van der Waals surface area (Å²) in [5.74, 6) is 0. The van der Waals surface area contributed by atoms with E-state index >= 15 is 0 Å². The van der Waals surface area contributed by atoms with Gasteiger partial charge in [-0.3, -0.25) is 0 Å². The number of thiazole rings is 1. The van der Waals surface area contributed by atoms with Gasteiger partial charge in [0.2, 0.25) is 0 Å². The highest BCUT2D eigenvalue weighted by atomic mass is 35.5. The molecule has 3 N–H and O–H groups in total. The second-order valence-corrected chi connectivity index (χ2v) is 5.16. The van der Waals surface area contributed by atoms with E-state index in [1.807, 2.05) is 31.2 Å². The lowest BCUT2D eigenvalue weighted by molar-refractivity contribution is 0.970. The van der Waals surface area contributed by atoms with Gasteiger partial charge in [-0.05, 0) is 32.0 Å². The van der Waals surface area contributed by atoms with E-state index in [9.17, 15) is 0 Å². The van der Waals surface area contributed by atoms with Crippen molar-refractivity contribution in [3.63, 3.8) is 0 Å². The third kappa shape index (κ3) is 2.97. The molecule has 0 bridgehead atoms. The Balaban J connectivity index is 2.19. The van der Waals surface area contributed by atoms with Crippen LogP contribution in [0, 0.1) is 6.92 Å². The highest BCUT2D eigenvalue weighted by Gasteiger charge is 2.08. The summed E-state index contributed by atoms with van der Waals surface area (Å²) in [4.78, 5) is 5.68. The van der Waals surface area contributed by atoms with Crippen LogP contribution in [-0.4, -0.2) is 11.5 Å². The molecule has 0 aliphatic heterocycles. The van der Waals surface area contributed by atoms with Crippen molar-refractivity contribution in [3.05, 3.63) is 39.9 Å². The topological polar surface area (TPSA) is 50.9 Å². The van der Waals surface area contributed by atoms with Crippen molar-refractivity contribution in [2.75, 3.05) is 11.9 Å². The second-order valence-electron chi connectivity index (χ2n) is 3.67. The van der Waals surface area contributed by atoms with E-state index in [-0.39, 0.29) is 0 Å². The van der Waals surface area contributed by atoms with E-state index in [2.05, 4.69) is 10.3 Å². The Kier molecular flexibility index (Phi) is 3.99. The predicted octanol–water partition coefficient (Wildman–Crippen LogP) is 3.35. The summed E-state index contributed by atoms with van der Waals surface area (Å²) in [5.41, 5.74) is 7.47. The Morgan fingerprint density at radius 3 is 2.88 bits per heavy atom. The third-order valence-electron chi connectivity index (χ3n) is 2.38. The first-order chi connectivity index (χ1) is 8.20. The molecule has 0 unspecified atom stereocenters. The fourth-order valence-corrected chi connectivity index (χ4v) is 2.70. The molecule has 1 aromatic carbocycles. The summed E-state index contributed by atoms with van der Waals surface area (Å²) in [5, 5.41) is 4.78. The molecule has 2 aromatic rings. The monoisotopic (exact) mass is 267 g/mol. The van der Waals surface area contributed by atoms with E-state index < -0.39 is 0 Å². The molecule has 0 aliphatic carbocycles. The maximum Gasteiger partial charge on any atom is 0.187 e. The van der Waals surface area contributed by atoms with Crippen LogP contribution >= 0.6 is 22.9 Å². The van der Waals surface area contributed by atoms with Crippen LogP contribution in [0.15, 0.2) is 24.3 Å². The van der Waals surface area contributed by atoms with Gasteiger partial charge in [-0.25, -0.2) is 4.98 Å². The average molecular weight is 268 g/mol. The minimum atomic E-state index is 0.647. The molecular formula is C12H14ClN3S. The number of rotatable bonds is 4. The van der Waals surface area contributed by atoms with Crippen LogP contribution in [0.2, 0.25) is 5.02 Å². The fraction of sp³-hybridized carbons (Fsp3) is 0.250. The highest BCUT2D eigenvalue weighted by Crippen LogP contribution is 2.29. The summed E-state index contributed by atoms with van der Waals surface area (Å²) < 4.78 is 0. The number of hydrogen-bond donors (Lipinski definition) is 2. The first-order valence-electron chi connectivity index (χ1n) is 5.38. The van der Waals surface area contributed by atoms with E-state index in [0.29, 0.717) is 11.6 Å². The Morgan fingerprint density at radius 2 is 2.18 bits per heavy atom. The zero-order valence-corrected chi connectivity index (χ0v) is 11.1. The summed E-state index contributed by atoms with van der Waals surface area (Å²) in [6, 6.07) is 7.63. The van der Waals surface area contributed by atoms with Crippen molar-refractivity contribution in [1.82, 2.24) is 4.98 Å². The Hall–Kier alpha value is -1.10. The zero-order valence-electron chi connectivity index (χ0n) is 9.53. The zero-order chi connectivity index (χ0) is 12.3. The average Bonchev–Trinajstić information content (AvgIpc) is 2.63. The van der Waals surface area contributed by atoms with Gasteiger partial charge in [-0.15, -0.1) is 11.3 Å². The smallest absolute Gasteiger partial charge is 0.187 e. The number of nitrogens with two attached hydrogens (primary N) is 1.